The summed E-state index contributed by atoms with van der Waals surface area (Å²) >= 11 is 0. The predicted octanol–water partition coefficient (Wildman–Crippen LogP) is 4.36. The van der Waals surface area contributed by atoms with E-state index in [9.17, 15) is 14.7 Å². The minimum atomic E-state index is -0.529. The molecule has 6 heteroatoms. The van der Waals surface area contributed by atoms with E-state index >= 15 is 0 Å². The van der Waals surface area contributed by atoms with Crippen molar-refractivity contribution in [2.24, 2.45) is 11.7 Å². The molecule has 1 unspecified atom stereocenters. The summed E-state index contributed by atoms with van der Waals surface area (Å²) < 4.78 is 0. The van der Waals surface area contributed by atoms with Gasteiger partial charge in [0, 0.05) is 31.7 Å². The van der Waals surface area contributed by atoms with E-state index in [2.05, 4.69) is 18.7 Å². The van der Waals surface area contributed by atoms with Crippen LogP contribution in [0.4, 0.5) is 5.69 Å². The maximum absolute atomic E-state index is 13.0. The maximum atomic E-state index is 13.0. The molecule has 2 rings (SSSR count). The van der Waals surface area contributed by atoms with Gasteiger partial charge in [0.25, 0.3) is 5.91 Å². The Kier molecular flexibility index (Phi) is 9.56. The highest BCUT2D eigenvalue weighted by Crippen LogP contribution is 2.39. The molecule has 1 amide bonds. The number of carbonyl (C=O) groups is 2. The fourth-order valence-electron chi connectivity index (χ4n) is 4.23. The summed E-state index contributed by atoms with van der Waals surface area (Å²) in [6, 6.07) is 7.50. The zero-order valence-electron chi connectivity index (χ0n) is 19.6. The Bertz CT molecular complexity index is 767. The Morgan fingerprint density at radius 3 is 2.26 bits per heavy atom. The number of carbonyl (C=O) groups excluding carboxylic acids is 2. The van der Waals surface area contributed by atoms with Gasteiger partial charge in [0.05, 0.1) is 11.6 Å². The number of anilines is 1. The van der Waals surface area contributed by atoms with Gasteiger partial charge < -0.3 is 20.6 Å². The van der Waals surface area contributed by atoms with Crippen LogP contribution in [0, 0.1) is 5.92 Å². The number of aliphatic hydroxyl groups excluding tert-OH is 1. The van der Waals surface area contributed by atoms with E-state index in [4.69, 9.17) is 5.73 Å². The van der Waals surface area contributed by atoms with E-state index in [1.807, 2.05) is 38.1 Å². The number of unbranched alkanes of at least 4 members (excludes halogenated alkanes) is 3. The average Bonchev–Trinajstić information content (AvgIpc) is 2.99. The molecule has 1 aliphatic rings. The van der Waals surface area contributed by atoms with Crippen LogP contribution >= 0.6 is 0 Å². The fourth-order valence-corrected chi connectivity index (χ4v) is 4.23. The Labute approximate surface area is 187 Å². The Morgan fingerprint density at radius 2 is 1.71 bits per heavy atom. The van der Waals surface area contributed by atoms with Crippen molar-refractivity contribution in [3.63, 3.8) is 0 Å². The number of ketones is 1. The maximum Gasteiger partial charge on any atom is 0.290 e. The van der Waals surface area contributed by atoms with Crippen molar-refractivity contribution in [1.29, 1.82) is 0 Å². The van der Waals surface area contributed by atoms with Crippen LogP contribution in [-0.4, -0.2) is 47.9 Å². The first-order valence-electron chi connectivity index (χ1n) is 11.7. The van der Waals surface area contributed by atoms with Crippen molar-refractivity contribution < 1.29 is 14.7 Å². The number of amides is 1. The van der Waals surface area contributed by atoms with Gasteiger partial charge in [-0.05, 0) is 56.8 Å². The molecule has 0 spiro atoms. The SMILES string of the molecule is CCN(CC)c1ccc(C2C(C(=O)CC(C)C)=C(O)C(=O)N2CCCCCCN)cc1. The zero-order valence-corrected chi connectivity index (χ0v) is 19.6. The molecule has 0 aliphatic carbocycles. The lowest BCUT2D eigenvalue weighted by molar-refractivity contribution is -0.129. The van der Waals surface area contributed by atoms with Gasteiger partial charge in [-0.1, -0.05) is 38.8 Å². The van der Waals surface area contributed by atoms with Gasteiger partial charge in [-0.2, -0.15) is 0 Å². The third kappa shape index (κ3) is 6.10. The molecule has 1 aromatic carbocycles. The summed E-state index contributed by atoms with van der Waals surface area (Å²) in [6.07, 6.45) is 4.07. The minimum absolute atomic E-state index is 0.149. The van der Waals surface area contributed by atoms with Gasteiger partial charge >= 0.3 is 0 Å². The van der Waals surface area contributed by atoms with E-state index in [0.29, 0.717) is 19.5 Å². The van der Waals surface area contributed by atoms with Crippen molar-refractivity contribution in [2.45, 2.75) is 65.8 Å². The van der Waals surface area contributed by atoms with E-state index in [-0.39, 0.29) is 23.0 Å². The molecule has 0 bridgehead atoms. The zero-order chi connectivity index (χ0) is 23.0. The number of nitrogens with two attached hydrogens (primary N) is 1. The monoisotopic (exact) mass is 429 g/mol. The third-order valence-electron chi connectivity index (χ3n) is 5.89. The van der Waals surface area contributed by atoms with Crippen molar-refractivity contribution >= 4 is 17.4 Å². The van der Waals surface area contributed by atoms with Crippen LogP contribution in [0.2, 0.25) is 0 Å². The van der Waals surface area contributed by atoms with Crippen LogP contribution in [0.25, 0.3) is 0 Å². The van der Waals surface area contributed by atoms with Crippen LogP contribution < -0.4 is 10.6 Å². The highest BCUT2D eigenvalue weighted by Gasteiger charge is 2.43. The molecular weight excluding hydrogens is 390 g/mol. The van der Waals surface area contributed by atoms with Gasteiger partial charge in [0.15, 0.2) is 11.5 Å². The van der Waals surface area contributed by atoms with Gasteiger partial charge in [-0.3, -0.25) is 9.59 Å². The molecule has 6 nitrogen and oxygen atoms in total. The van der Waals surface area contributed by atoms with Gasteiger partial charge in [-0.25, -0.2) is 0 Å². The van der Waals surface area contributed by atoms with Crippen LogP contribution in [0.5, 0.6) is 0 Å². The first-order valence-corrected chi connectivity index (χ1v) is 11.7. The molecule has 31 heavy (non-hydrogen) atoms. The summed E-state index contributed by atoms with van der Waals surface area (Å²) in [6.45, 7) is 11.2. The van der Waals surface area contributed by atoms with Crippen LogP contribution in [0.15, 0.2) is 35.6 Å². The lowest BCUT2D eigenvalue weighted by Crippen LogP contribution is -2.32. The Hall–Kier alpha value is -2.34. The van der Waals surface area contributed by atoms with E-state index in [1.165, 1.54) is 0 Å². The molecule has 0 fully saturated rings. The number of hydrogen-bond donors (Lipinski definition) is 2. The van der Waals surface area contributed by atoms with E-state index in [1.54, 1.807) is 4.90 Å². The quantitative estimate of drug-likeness (QED) is 0.455. The highest BCUT2D eigenvalue weighted by atomic mass is 16.3. The van der Waals surface area contributed by atoms with Gasteiger partial charge in [0.2, 0.25) is 0 Å². The van der Waals surface area contributed by atoms with Crippen molar-refractivity contribution in [3.8, 4) is 0 Å². The van der Waals surface area contributed by atoms with Crippen LogP contribution in [0.1, 0.15) is 71.4 Å². The second-order valence-electron chi connectivity index (χ2n) is 8.65. The largest absolute Gasteiger partial charge is 0.503 e. The number of nitrogens with zero attached hydrogens (tertiary/aromatic N) is 2. The average molecular weight is 430 g/mol. The van der Waals surface area contributed by atoms with Crippen molar-refractivity contribution in [2.75, 3.05) is 31.1 Å². The number of Topliss-reactive ketones (excluding diaryl/α,β-unsaturated/α-hetero) is 1. The third-order valence-corrected chi connectivity index (χ3v) is 5.89. The highest BCUT2D eigenvalue weighted by molar-refractivity contribution is 6.09. The number of rotatable bonds is 13. The molecule has 1 aromatic rings. The van der Waals surface area contributed by atoms with Crippen molar-refractivity contribution in [1.82, 2.24) is 4.90 Å². The summed E-state index contributed by atoms with van der Waals surface area (Å²) in [5.41, 5.74) is 7.79. The minimum Gasteiger partial charge on any atom is -0.503 e. The molecular formula is C25H39N3O3. The molecule has 0 aromatic heterocycles. The summed E-state index contributed by atoms with van der Waals surface area (Å²) in [7, 11) is 0. The predicted molar refractivity (Wildman–Crippen MR) is 126 cm³/mol. The number of hydrogen-bond acceptors (Lipinski definition) is 5. The molecule has 1 heterocycles. The Morgan fingerprint density at radius 1 is 1.10 bits per heavy atom. The first kappa shape index (κ1) is 24.9. The number of aliphatic hydroxyl groups is 1. The molecule has 172 valence electrons. The first-order chi connectivity index (χ1) is 14.8. The second-order valence-corrected chi connectivity index (χ2v) is 8.65. The fraction of sp³-hybridized carbons (Fsp3) is 0.600. The van der Waals surface area contributed by atoms with E-state index < -0.39 is 11.9 Å². The summed E-state index contributed by atoms with van der Waals surface area (Å²) in [4.78, 5) is 29.8. The Balaban J connectivity index is 2.34. The summed E-state index contributed by atoms with van der Waals surface area (Å²) in [5, 5.41) is 10.6. The van der Waals surface area contributed by atoms with Crippen LogP contribution in [-0.2, 0) is 9.59 Å². The van der Waals surface area contributed by atoms with Gasteiger partial charge in [0.1, 0.15) is 0 Å². The lowest BCUT2D eigenvalue weighted by atomic mass is 9.92. The standard InChI is InChI=1S/C25H39N3O3/c1-5-27(6-2)20-13-11-19(12-14-20)23-22(21(29)17-18(3)4)24(30)25(31)28(23)16-10-8-7-9-15-26/h11-14,18,23,30H,5-10,15-17,26H2,1-4H3. The number of benzene rings is 1. The van der Waals surface area contributed by atoms with E-state index in [0.717, 1.165) is 50.0 Å². The molecule has 0 radical (unpaired) electrons. The molecule has 0 saturated heterocycles. The smallest absolute Gasteiger partial charge is 0.290 e. The van der Waals surface area contributed by atoms with Crippen LogP contribution in [0.3, 0.4) is 0 Å². The molecule has 3 N–H and O–H groups in total. The summed E-state index contributed by atoms with van der Waals surface area (Å²) in [5.74, 6) is -0.822. The van der Waals surface area contributed by atoms with Gasteiger partial charge in [-0.15, -0.1) is 0 Å². The normalized spacial score (nSPS) is 16.5. The lowest BCUT2D eigenvalue weighted by Gasteiger charge is -2.28. The molecule has 1 aliphatic heterocycles. The molecule has 1 atom stereocenters. The molecule has 0 saturated carbocycles. The second kappa shape index (κ2) is 11.9. The van der Waals surface area contributed by atoms with Crippen molar-refractivity contribution in [3.05, 3.63) is 41.2 Å². The topological polar surface area (TPSA) is 86.9 Å².